The van der Waals surface area contributed by atoms with E-state index >= 15 is 0 Å². The second kappa shape index (κ2) is 12.4. The maximum absolute atomic E-state index is 10.2. The summed E-state index contributed by atoms with van der Waals surface area (Å²) < 4.78 is 0. The van der Waals surface area contributed by atoms with Crippen LogP contribution in [0.2, 0.25) is 0 Å². The van der Waals surface area contributed by atoms with Gasteiger partial charge < -0.3 is 10.2 Å². The molecule has 184 valence electrons. The zero-order chi connectivity index (χ0) is 25.4. The summed E-state index contributed by atoms with van der Waals surface area (Å²) in [6, 6.07) is 16.7. The van der Waals surface area contributed by atoms with Crippen molar-refractivity contribution in [2.24, 2.45) is 0 Å². The summed E-state index contributed by atoms with van der Waals surface area (Å²) in [6.07, 6.45) is 10.3. The van der Waals surface area contributed by atoms with Crippen LogP contribution in [0.4, 0.5) is 0 Å². The third-order valence-corrected chi connectivity index (χ3v) is 6.46. The molecule has 0 aliphatic carbocycles. The maximum Gasteiger partial charge on any atom is 0.160 e. The molecule has 0 aliphatic heterocycles. The molecule has 0 saturated carbocycles. The van der Waals surface area contributed by atoms with Gasteiger partial charge in [0.25, 0.3) is 0 Å². The molecular weight excluding hydrogens is 430 g/mol. The average Bonchev–Trinajstić information content (AvgIpc) is 2.85. The second-order valence-corrected chi connectivity index (χ2v) is 9.47. The number of aromatic hydroxyl groups is 2. The molecule has 0 fully saturated rings. The quantitative estimate of drug-likeness (QED) is 0.219. The van der Waals surface area contributed by atoms with Gasteiger partial charge in [-0.15, -0.1) is 0 Å². The van der Waals surface area contributed by atoms with Crippen molar-refractivity contribution in [3.8, 4) is 22.6 Å². The minimum Gasteiger partial charge on any atom is -0.504 e. The summed E-state index contributed by atoms with van der Waals surface area (Å²) in [7, 11) is 0. The van der Waals surface area contributed by atoms with Crippen LogP contribution in [-0.2, 0) is 6.54 Å². The van der Waals surface area contributed by atoms with E-state index in [2.05, 4.69) is 73.9 Å². The first-order chi connectivity index (χ1) is 16.9. The van der Waals surface area contributed by atoms with Crippen molar-refractivity contribution in [1.82, 2.24) is 4.90 Å². The predicted octanol–water partition coefficient (Wildman–Crippen LogP) is 8.33. The molecule has 3 aromatic rings. The highest BCUT2D eigenvalue weighted by molar-refractivity contribution is 5.88. The molecule has 0 spiro atoms. The van der Waals surface area contributed by atoms with Gasteiger partial charge in [-0.05, 0) is 84.0 Å². The molecule has 0 amide bonds. The molecule has 0 atom stereocenters. The van der Waals surface area contributed by atoms with Crippen LogP contribution >= 0.6 is 0 Å². The lowest BCUT2D eigenvalue weighted by Gasteiger charge is -2.22. The van der Waals surface area contributed by atoms with Gasteiger partial charge in [0.1, 0.15) is 0 Å². The molecule has 0 bridgehead atoms. The number of nitrogens with zero attached hydrogens (tertiary/aromatic N) is 1. The monoisotopic (exact) mass is 469 g/mol. The molecule has 3 aromatic carbocycles. The van der Waals surface area contributed by atoms with Crippen molar-refractivity contribution < 1.29 is 10.2 Å². The van der Waals surface area contributed by atoms with Crippen molar-refractivity contribution in [3.63, 3.8) is 0 Å². The van der Waals surface area contributed by atoms with Gasteiger partial charge in [-0.2, -0.15) is 0 Å². The van der Waals surface area contributed by atoms with Crippen LogP contribution in [0.5, 0.6) is 11.5 Å². The Hall–Kier alpha value is -3.30. The van der Waals surface area contributed by atoms with Gasteiger partial charge in [0.2, 0.25) is 0 Å². The lowest BCUT2D eigenvalue weighted by molar-refractivity contribution is 0.270. The number of phenolic OH excluding ortho intramolecular Hbond substituents is 2. The summed E-state index contributed by atoms with van der Waals surface area (Å²) in [6.45, 7) is 15.1. The maximum atomic E-state index is 10.2. The molecule has 35 heavy (non-hydrogen) atoms. The summed E-state index contributed by atoms with van der Waals surface area (Å²) in [4.78, 5) is 2.52. The SMILES string of the molecule is C=C/C=C\C(=C/C)CCN(CCC)Cc1ccc2cc(-c3cc(O)c(O)c(C(C)C)c3)ccc2c1. The number of rotatable bonds is 11. The summed E-state index contributed by atoms with van der Waals surface area (Å²) in [5.41, 5.74) is 5.34. The van der Waals surface area contributed by atoms with E-state index < -0.39 is 0 Å². The van der Waals surface area contributed by atoms with Crippen molar-refractivity contribution in [2.75, 3.05) is 13.1 Å². The van der Waals surface area contributed by atoms with E-state index in [9.17, 15) is 10.2 Å². The molecule has 0 radical (unpaired) electrons. The summed E-state index contributed by atoms with van der Waals surface area (Å²) in [5, 5.41) is 22.8. The minimum atomic E-state index is -0.0706. The van der Waals surface area contributed by atoms with Crippen LogP contribution in [-0.4, -0.2) is 28.2 Å². The molecule has 0 aliphatic rings. The van der Waals surface area contributed by atoms with Gasteiger partial charge in [0.05, 0.1) is 0 Å². The Balaban J connectivity index is 1.80. The van der Waals surface area contributed by atoms with Crippen LogP contribution in [0, 0.1) is 0 Å². The van der Waals surface area contributed by atoms with Crippen LogP contribution in [0.1, 0.15) is 57.6 Å². The Morgan fingerprint density at radius 2 is 1.71 bits per heavy atom. The van der Waals surface area contributed by atoms with E-state index in [1.54, 1.807) is 6.07 Å². The number of hydrogen-bond acceptors (Lipinski definition) is 3. The first kappa shape index (κ1) is 26.3. The van der Waals surface area contributed by atoms with E-state index in [1.807, 2.05) is 32.1 Å². The fraction of sp³-hybridized carbons (Fsp3) is 0.312. The number of allylic oxidation sites excluding steroid dienone is 4. The van der Waals surface area contributed by atoms with Gasteiger partial charge in [-0.25, -0.2) is 0 Å². The van der Waals surface area contributed by atoms with E-state index in [4.69, 9.17) is 0 Å². The summed E-state index contributed by atoms with van der Waals surface area (Å²) >= 11 is 0. The first-order valence-corrected chi connectivity index (χ1v) is 12.6. The molecule has 0 aromatic heterocycles. The molecule has 2 N–H and O–H groups in total. The highest BCUT2D eigenvalue weighted by atomic mass is 16.3. The molecule has 3 heteroatoms. The topological polar surface area (TPSA) is 43.7 Å². The summed E-state index contributed by atoms with van der Waals surface area (Å²) in [5.74, 6) is 0.0274. The second-order valence-electron chi connectivity index (χ2n) is 9.47. The third-order valence-electron chi connectivity index (χ3n) is 6.46. The predicted molar refractivity (Wildman–Crippen MR) is 150 cm³/mol. The van der Waals surface area contributed by atoms with Gasteiger partial charge >= 0.3 is 0 Å². The number of benzene rings is 3. The molecule has 0 unspecified atom stereocenters. The minimum absolute atomic E-state index is 0.0240. The molecule has 0 saturated heterocycles. The van der Waals surface area contributed by atoms with Crippen molar-refractivity contribution in [2.45, 2.75) is 53.0 Å². The Morgan fingerprint density at radius 1 is 0.971 bits per heavy atom. The molecule has 0 heterocycles. The van der Waals surface area contributed by atoms with E-state index in [0.29, 0.717) is 0 Å². The first-order valence-electron chi connectivity index (χ1n) is 12.6. The Morgan fingerprint density at radius 3 is 2.40 bits per heavy atom. The lowest BCUT2D eigenvalue weighted by atomic mass is 9.94. The number of hydrogen-bond donors (Lipinski definition) is 2. The number of fused-ring (bicyclic) bond motifs is 1. The third kappa shape index (κ3) is 6.86. The standard InChI is InChI=1S/C32H39NO2/c1-6-9-10-24(8-3)15-17-33(16-7-2)22-25-11-12-27-19-28(14-13-26(27)18-25)29-20-30(23(4)5)32(35)31(34)21-29/h6,8-14,18-21,23,34-35H,1,7,15-17,22H2,2-5H3/b10-9-,24-8+. The van der Waals surface area contributed by atoms with Crippen molar-refractivity contribution in [1.29, 1.82) is 0 Å². The fourth-order valence-corrected chi connectivity index (χ4v) is 4.47. The van der Waals surface area contributed by atoms with Gasteiger partial charge in [0.15, 0.2) is 11.5 Å². The van der Waals surface area contributed by atoms with E-state index in [0.717, 1.165) is 54.6 Å². The Labute approximate surface area is 210 Å². The fourth-order valence-electron chi connectivity index (χ4n) is 4.47. The van der Waals surface area contributed by atoms with E-state index in [-0.39, 0.29) is 17.4 Å². The van der Waals surface area contributed by atoms with Crippen LogP contribution in [0.25, 0.3) is 21.9 Å². The highest BCUT2D eigenvalue weighted by Crippen LogP contribution is 2.38. The van der Waals surface area contributed by atoms with Crippen LogP contribution in [0.3, 0.4) is 0 Å². The number of phenols is 2. The Bertz CT molecular complexity index is 1220. The molecular formula is C32H39NO2. The van der Waals surface area contributed by atoms with Gasteiger partial charge in [-0.3, -0.25) is 4.90 Å². The molecule has 3 nitrogen and oxygen atoms in total. The lowest BCUT2D eigenvalue weighted by Crippen LogP contribution is -2.25. The van der Waals surface area contributed by atoms with Crippen molar-refractivity contribution >= 4 is 10.8 Å². The van der Waals surface area contributed by atoms with Crippen molar-refractivity contribution in [3.05, 3.63) is 96.1 Å². The van der Waals surface area contributed by atoms with Gasteiger partial charge in [-0.1, -0.05) is 81.5 Å². The van der Waals surface area contributed by atoms with E-state index in [1.165, 1.54) is 16.5 Å². The molecule has 3 rings (SSSR count). The largest absolute Gasteiger partial charge is 0.504 e. The average molecular weight is 470 g/mol. The van der Waals surface area contributed by atoms with Gasteiger partial charge in [0, 0.05) is 18.7 Å². The zero-order valence-corrected chi connectivity index (χ0v) is 21.6. The zero-order valence-electron chi connectivity index (χ0n) is 21.6. The Kier molecular flexibility index (Phi) is 9.33. The smallest absolute Gasteiger partial charge is 0.160 e. The van der Waals surface area contributed by atoms with Crippen LogP contribution < -0.4 is 0 Å². The highest BCUT2D eigenvalue weighted by Gasteiger charge is 2.14. The normalized spacial score (nSPS) is 12.3. The van der Waals surface area contributed by atoms with Crippen LogP contribution in [0.15, 0.2) is 85.0 Å².